The van der Waals surface area contributed by atoms with Crippen molar-refractivity contribution in [3.63, 3.8) is 0 Å². The summed E-state index contributed by atoms with van der Waals surface area (Å²) in [6.45, 7) is 4.56. The lowest BCUT2D eigenvalue weighted by atomic mass is 9.93. The second-order valence-corrected chi connectivity index (χ2v) is 7.36. The van der Waals surface area contributed by atoms with E-state index < -0.39 is 53.1 Å². The molecule has 30 heavy (non-hydrogen) atoms. The monoisotopic (exact) mass is 443 g/mol. The quantitative estimate of drug-likeness (QED) is 0.687. The highest BCUT2D eigenvalue weighted by Gasteiger charge is 2.51. The number of amides is 1. The highest BCUT2D eigenvalue weighted by molar-refractivity contribution is 5.90. The van der Waals surface area contributed by atoms with E-state index in [9.17, 15) is 40.6 Å². The number of aliphatic hydroxyl groups is 1. The summed E-state index contributed by atoms with van der Waals surface area (Å²) >= 11 is 0. The van der Waals surface area contributed by atoms with Gasteiger partial charge in [-0.05, 0) is 39.2 Å². The number of imidazole rings is 1. The van der Waals surface area contributed by atoms with Gasteiger partial charge in [0.25, 0.3) is 0 Å². The first kappa shape index (κ1) is 23.9. The van der Waals surface area contributed by atoms with Gasteiger partial charge in [-0.25, -0.2) is 9.37 Å². The molecule has 0 spiro atoms. The van der Waals surface area contributed by atoms with Crippen molar-refractivity contribution in [2.45, 2.75) is 63.5 Å². The van der Waals surface area contributed by atoms with Gasteiger partial charge in [0.05, 0.1) is 11.8 Å². The number of carbonyl (C=O) groups excluding carboxylic acids is 1. The average molecular weight is 443 g/mol. The fourth-order valence-electron chi connectivity index (χ4n) is 2.74. The summed E-state index contributed by atoms with van der Waals surface area (Å²) in [5.74, 6) is -2.90. The minimum Gasteiger partial charge on any atom is -0.380 e. The van der Waals surface area contributed by atoms with E-state index in [1.165, 1.54) is 0 Å². The molecule has 0 unspecified atom stereocenters. The molecule has 12 heteroatoms. The van der Waals surface area contributed by atoms with E-state index in [-0.39, 0.29) is 17.4 Å². The normalized spacial score (nSPS) is 19.2. The van der Waals surface area contributed by atoms with Crippen molar-refractivity contribution < 1.29 is 40.6 Å². The van der Waals surface area contributed by atoms with Gasteiger partial charge in [-0.15, -0.1) is 0 Å². The van der Waals surface area contributed by atoms with Crippen molar-refractivity contribution in [1.82, 2.24) is 9.55 Å². The Kier molecular flexibility index (Phi) is 6.41. The standard InChI is InChI=1S/C18H20F7N3O2/c1-9(17(20,21)22)7-12(19)14-10(2)26-15(28(14)11-5-4-6-11)27-13(29)8-16(3,30)18(23,24)25/h7,11,30H,2,4-6,8H2,1,3H3,(H,26,27,29)/b9-7+,14-12-/t16-/m1/s1. The summed E-state index contributed by atoms with van der Waals surface area (Å²) < 4.78 is 92.4. The van der Waals surface area contributed by atoms with Gasteiger partial charge >= 0.3 is 12.4 Å². The maximum Gasteiger partial charge on any atom is 0.417 e. The molecule has 5 nitrogen and oxygen atoms in total. The molecule has 1 aliphatic rings. The van der Waals surface area contributed by atoms with Crippen molar-refractivity contribution in [1.29, 1.82) is 0 Å². The predicted molar refractivity (Wildman–Crippen MR) is 94.1 cm³/mol. The van der Waals surface area contributed by atoms with Crippen LogP contribution in [0, 0.1) is 0 Å². The van der Waals surface area contributed by atoms with Gasteiger partial charge in [0.2, 0.25) is 11.9 Å². The highest BCUT2D eigenvalue weighted by Crippen LogP contribution is 2.34. The van der Waals surface area contributed by atoms with Crippen LogP contribution < -0.4 is 16.0 Å². The summed E-state index contributed by atoms with van der Waals surface area (Å²) in [5, 5.41) is 10.8. The second-order valence-electron chi connectivity index (χ2n) is 7.36. The zero-order chi connectivity index (χ0) is 23.1. The molecule has 2 N–H and O–H groups in total. The van der Waals surface area contributed by atoms with Crippen LogP contribution in [0.3, 0.4) is 0 Å². The van der Waals surface area contributed by atoms with Crippen molar-refractivity contribution in [3.05, 3.63) is 22.3 Å². The van der Waals surface area contributed by atoms with E-state index in [0.717, 1.165) is 11.0 Å². The number of alkyl halides is 6. The number of hydrogen-bond donors (Lipinski definition) is 2. The topological polar surface area (TPSA) is 67.2 Å². The lowest BCUT2D eigenvalue weighted by Gasteiger charge is -2.29. The Morgan fingerprint density at radius 2 is 1.87 bits per heavy atom. The number of carbonyl (C=O) groups is 1. The molecule has 0 saturated heterocycles. The van der Waals surface area contributed by atoms with E-state index in [0.29, 0.717) is 26.7 Å². The van der Waals surface area contributed by atoms with Crippen molar-refractivity contribution >= 4 is 24.3 Å². The lowest BCUT2D eigenvalue weighted by molar-refractivity contribution is -0.253. The lowest BCUT2D eigenvalue weighted by Crippen LogP contribution is -2.45. The third-order valence-electron chi connectivity index (χ3n) is 4.81. The molecule has 0 bridgehead atoms. The van der Waals surface area contributed by atoms with Gasteiger partial charge in [0, 0.05) is 11.6 Å². The van der Waals surface area contributed by atoms with E-state index in [1.54, 1.807) is 0 Å². The molecule has 1 aromatic rings. The Balaban J connectivity index is 2.49. The molecule has 1 aromatic heterocycles. The molecular weight excluding hydrogens is 423 g/mol. The third kappa shape index (κ3) is 5.02. The first-order valence-corrected chi connectivity index (χ1v) is 8.86. The molecule has 0 aromatic carbocycles. The molecule has 1 saturated carbocycles. The number of aromatic nitrogens is 2. The molecule has 1 heterocycles. The van der Waals surface area contributed by atoms with E-state index >= 15 is 0 Å². The number of nitrogens with zero attached hydrogens (tertiary/aromatic N) is 2. The van der Waals surface area contributed by atoms with Gasteiger partial charge in [-0.2, -0.15) is 26.3 Å². The minimum absolute atomic E-state index is 0.265. The summed E-state index contributed by atoms with van der Waals surface area (Å²) in [6, 6.07) is -0.424. The summed E-state index contributed by atoms with van der Waals surface area (Å²) in [4.78, 5) is 15.9. The first-order valence-electron chi connectivity index (χ1n) is 8.86. The number of anilines is 1. The molecule has 0 aliphatic heterocycles. The Hall–Kier alpha value is -2.37. The van der Waals surface area contributed by atoms with Crippen molar-refractivity contribution in [2.75, 3.05) is 5.32 Å². The van der Waals surface area contributed by atoms with Crippen LogP contribution in [0.5, 0.6) is 0 Å². The fraction of sp³-hybridized carbons (Fsp3) is 0.556. The zero-order valence-corrected chi connectivity index (χ0v) is 16.1. The SMILES string of the molecule is C=c1nc(NC(=O)C[C@@](C)(O)C(F)(F)F)n(C2CCC2)/c1=C(F)/C=C(\C)C(F)(F)F. The highest BCUT2D eigenvalue weighted by atomic mass is 19.4. The van der Waals surface area contributed by atoms with Crippen LogP contribution >= 0.6 is 0 Å². The van der Waals surface area contributed by atoms with Crippen LogP contribution in [-0.2, 0) is 4.79 Å². The summed E-state index contributed by atoms with van der Waals surface area (Å²) in [5.41, 5.74) is -4.53. The summed E-state index contributed by atoms with van der Waals surface area (Å²) in [7, 11) is 0. The maximum absolute atomic E-state index is 14.7. The van der Waals surface area contributed by atoms with Crippen LogP contribution in [0.4, 0.5) is 36.7 Å². The second kappa shape index (κ2) is 8.05. The van der Waals surface area contributed by atoms with Crippen LogP contribution in [0.15, 0.2) is 11.6 Å². The first-order chi connectivity index (χ1) is 13.5. The van der Waals surface area contributed by atoms with E-state index in [1.807, 2.05) is 0 Å². The Morgan fingerprint density at radius 1 is 1.30 bits per heavy atom. The zero-order valence-electron chi connectivity index (χ0n) is 16.1. The minimum atomic E-state index is -5.07. The maximum atomic E-state index is 14.7. The van der Waals surface area contributed by atoms with Gasteiger partial charge in [0.1, 0.15) is 11.2 Å². The Bertz CT molecular complexity index is 954. The van der Waals surface area contributed by atoms with Crippen LogP contribution in [0.25, 0.3) is 12.4 Å². The smallest absolute Gasteiger partial charge is 0.380 e. The molecule has 2 rings (SSSR count). The van der Waals surface area contributed by atoms with E-state index in [2.05, 4.69) is 16.9 Å². The van der Waals surface area contributed by atoms with Gasteiger partial charge in [-0.3, -0.25) is 10.1 Å². The number of allylic oxidation sites excluding steroid dienone is 2. The summed E-state index contributed by atoms with van der Waals surface area (Å²) in [6.07, 6.45) is -9.20. The molecule has 1 atom stereocenters. The molecule has 0 radical (unpaired) electrons. The molecule has 1 amide bonds. The predicted octanol–water partition coefficient (Wildman–Crippen LogP) is 3.25. The third-order valence-corrected chi connectivity index (χ3v) is 4.81. The van der Waals surface area contributed by atoms with Crippen LogP contribution in [0.1, 0.15) is 45.6 Å². The van der Waals surface area contributed by atoms with Gasteiger partial charge < -0.3 is 9.67 Å². The average Bonchev–Trinajstić information content (AvgIpc) is 2.78. The van der Waals surface area contributed by atoms with Gasteiger partial charge in [-0.1, -0.05) is 6.58 Å². The molecule has 1 fully saturated rings. The van der Waals surface area contributed by atoms with Gasteiger partial charge in [0.15, 0.2) is 5.60 Å². The van der Waals surface area contributed by atoms with E-state index in [4.69, 9.17) is 0 Å². The number of halogens is 7. The van der Waals surface area contributed by atoms with Crippen molar-refractivity contribution in [2.24, 2.45) is 0 Å². The molecule has 168 valence electrons. The van der Waals surface area contributed by atoms with Crippen molar-refractivity contribution in [3.8, 4) is 0 Å². The fourth-order valence-corrected chi connectivity index (χ4v) is 2.74. The number of nitrogens with one attached hydrogen (secondary N) is 1. The number of hydrogen-bond acceptors (Lipinski definition) is 3. The van der Waals surface area contributed by atoms with Crippen LogP contribution in [-0.4, -0.2) is 38.5 Å². The molecular formula is C18H20F7N3O2. The Labute approximate surface area is 166 Å². The molecule has 1 aliphatic carbocycles. The number of rotatable bonds is 5. The Morgan fingerprint density at radius 3 is 2.30 bits per heavy atom. The van der Waals surface area contributed by atoms with Crippen LogP contribution in [0.2, 0.25) is 0 Å². The largest absolute Gasteiger partial charge is 0.417 e.